The molecule has 0 aliphatic heterocycles. The van der Waals surface area contributed by atoms with Gasteiger partial charge in [0, 0.05) is 11.1 Å². The Balaban J connectivity index is 2.20. The molecule has 6 N–H and O–H groups in total. The summed E-state index contributed by atoms with van der Waals surface area (Å²) in [7, 11) is -8.90. The van der Waals surface area contributed by atoms with Crippen LogP contribution < -0.4 is 11.5 Å². The summed E-state index contributed by atoms with van der Waals surface area (Å²) in [5.74, 6) is -0.730. The fourth-order valence-corrected chi connectivity index (χ4v) is 3.39. The first kappa shape index (κ1) is 22.8. The molecule has 0 saturated heterocycles. The minimum Gasteiger partial charge on any atom is -0.379 e. The van der Waals surface area contributed by atoms with Gasteiger partial charge in [-0.3, -0.25) is 9.11 Å². The first-order valence-electron chi connectivity index (χ1n) is 7.86. The summed E-state index contributed by atoms with van der Waals surface area (Å²) in [6.45, 7) is 0. The van der Waals surface area contributed by atoms with E-state index in [0.717, 1.165) is 12.4 Å². The third-order valence-electron chi connectivity index (χ3n) is 3.38. The molecule has 0 fully saturated rings. The standard InChI is InChI=1S/C16H16N6O6S2/c17-15(21-19-9-11-5-1-3-7-13(11)29(23,24)25)16(18)22-20-10-12-6-2-4-8-14(12)30(26,27)28/h1-10H,(H2,17,21)(H2,18,22)(H,23,24,25)(H,26,27,28)/b19-9+,20-10+. The summed E-state index contributed by atoms with van der Waals surface area (Å²) in [6.07, 6.45) is 2.07. The molecule has 158 valence electrons. The van der Waals surface area contributed by atoms with Crippen LogP contribution >= 0.6 is 0 Å². The molecule has 12 nitrogen and oxygen atoms in total. The molecule has 0 amide bonds. The summed E-state index contributed by atoms with van der Waals surface area (Å²) in [5, 5.41) is 14.3. The van der Waals surface area contributed by atoms with Gasteiger partial charge in [0.1, 0.15) is 9.79 Å². The largest absolute Gasteiger partial charge is 0.379 e. The predicted molar refractivity (Wildman–Crippen MR) is 111 cm³/mol. The van der Waals surface area contributed by atoms with Gasteiger partial charge in [-0.25, -0.2) is 0 Å². The minimum atomic E-state index is -4.45. The Kier molecular flexibility index (Phi) is 7.12. The third kappa shape index (κ3) is 6.28. The Morgan fingerprint density at radius 2 is 1.03 bits per heavy atom. The first-order chi connectivity index (χ1) is 14.0. The van der Waals surface area contributed by atoms with Crippen molar-refractivity contribution in [2.24, 2.45) is 31.9 Å². The molecular weight excluding hydrogens is 436 g/mol. The van der Waals surface area contributed by atoms with Gasteiger partial charge < -0.3 is 11.5 Å². The molecule has 2 aromatic carbocycles. The smallest absolute Gasteiger partial charge is 0.295 e. The molecular formula is C16H16N6O6S2. The Morgan fingerprint density at radius 3 is 1.37 bits per heavy atom. The van der Waals surface area contributed by atoms with Crippen molar-refractivity contribution in [1.82, 2.24) is 0 Å². The fourth-order valence-electron chi connectivity index (χ4n) is 2.05. The Bertz CT molecular complexity index is 1170. The van der Waals surface area contributed by atoms with E-state index in [1.807, 2.05) is 0 Å². The van der Waals surface area contributed by atoms with Crippen molar-refractivity contribution >= 4 is 44.3 Å². The van der Waals surface area contributed by atoms with E-state index in [4.69, 9.17) is 20.6 Å². The number of rotatable bonds is 6. The quantitative estimate of drug-likeness (QED) is 0.206. The third-order valence-corrected chi connectivity index (χ3v) is 5.24. The maximum absolute atomic E-state index is 11.3. The van der Waals surface area contributed by atoms with Gasteiger partial charge in [-0.05, 0) is 12.1 Å². The average molecular weight is 452 g/mol. The van der Waals surface area contributed by atoms with Crippen molar-refractivity contribution in [3.63, 3.8) is 0 Å². The van der Waals surface area contributed by atoms with Crippen LogP contribution in [0.4, 0.5) is 0 Å². The van der Waals surface area contributed by atoms with Crippen LogP contribution in [-0.2, 0) is 20.2 Å². The lowest BCUT2D eigenvalue weighted by atomic mass is 10.2. The number of nitrogens with zero attached hydrogens (tertiary/aromatic N) is 4. The molecule has 0 heterocycles. The monoisotopic (exact) mass is 452 g/mol. The van der Waals surface area contributed by atoms with Crippen LogP contribution in [0.5, 0.6) is 0 Å². The summed E-state index contributed by atoms with van der Waals surface area (Å²) < 4.78 is 63.6. The summed E-state index contributed by atoms with van der Waals surface area (Å²) in [6, 6.07) is 11.0. The molecule has 0 radical (unpaired) electrons. The lowest BCUT2D eigenvalue weighted by Gasteiger charge is -2.01. The average Bonchev–Trinajstić information content (AvgIpc) is 2.67. The number of nitrogens with two attached hydrogens (primary N) is 2. The van der Waals surface area contributed by atoms with Gasteiger partial charge in [-0.15, -0.1) is 10.2 Å². The highest BCUT2D eigenvalue weighted by molar-refractivity contribution is 7.86. The molecule has 0 atom stereocenters. The molecule has 0 aliphatic carbocycles. The fraction of sp³-hybridized carbons (Fsp3) is 0. The number of hydrogen-bond acceptors (Lipinski definition) is 8. The number of benzene rings is 2. The van der Waals surface area contributed by atoms with Crippen molar-refractivity contribution < 1.29 is 25.9 Å². The zero-order chi connectivity index (χ0) is 22.4. The highest BCUT2D eigenvalue weighted by Crippen LogP contribution is 2.13. The van der Waals surface area contributed by atoms with Crippen LogP contribution in [-0.4, -0.2) is 50.0 Å². The second-order valence-corrected chi connectivity index (χ2v) is 8.27. The summed E-state index contributed by atoms with van der Waals surface area (Å²) in [4.78, 5) is -0.738. The van der Waals surface area contributed by atoms with Crippen molar-refractivity contribution in [3.05, 3.63) is 59.7 Å². The second-order valence-electron chi connectivity index (χ2n) is 5.49. The number of amidine groups is 2. The van der Waals surface area contributed by atoms with Crippen LogP contribution in [0.1, 0.15) is 11.1 Å². The lowest BCUT2D eigenvalue weighted by molar-refractivity contribution is 0.481. The Hall–Kier alpha value is -3.46. The highest BCUT2D eigenvalue weighted by Gasteiger charge is 2.14. The van der Waals surface area contributed by atoms with Crippen molar-refractivity contribution in [2.75, 3.05) is 0 Å². The molecule has 0 aliphatic rings. The van der Waals surface area contributed by atoms with E-state index >= 15 is 0 Å². The molecule has 0 aromatic heterocycles. The van der Waals surface area contributed by atoms with Gasteiger partial charge >= 0.3 is 0 Å². The zero-order valence-corrected chi connectivity index (χ0v) is 16.7. The predicted octanol–water partition coefficient (Wildman–Crippen LogP) is 0.262. The topological polar surface area (TPSA) is 210 Å². The van der Waals surface area contributed by atoms with Crippen LogP contribution in [0, 0.1) is 0 Å². The van der Waals surface area contributed by atoms with Gasteiger partial charge in [0.25, 0.3) is 20.2 Å². The molecule has 0 bridgehead atoms. The number of hydrogen-bond donors (Lipinski definition) is 4. The second kappa shape index (κ2) is 9.36. The minimum absolute atomic E-state index is 0.0619. The van der Waals surface area contributed by atoms with Crippen LogP contribution in [0.3, 0.4) is 0 Å². The normalized spacial score (nSPS) is 13.9. The van der Waals surface area contributed by atoms with Gasteiger partial charge in [-0.1, -0.05) is 36.4 Å². The van der Waals surface area contributed by atoms with Crippen LogP contribution in [0.2, 0.25) is 0 Å². The van der Waals surface area contributed by atoms with E-state index < -0.39 is 20.2 Å². The maximum atomic E-state index is 11.3. The lowest BCUT2D eigenvalue weighted by Crippen LogP contribution is -2.30. The molecule has 2 rings (SSSR count). The van der Waals surface area contributed by atoms with E-state index in [2.05, 4.69) is 20.4 Å². The van der Waals surface area contributed by atoms with Crippen LogP contribution in [0.25, 0.3) is 0 Å². The van der Waals surface area contributed by atoms with Crippen molar-refractivity contribution in [3.8, 4) is 0 Å². The maximum Gasteiger partial charge on any atom is 0.295 e. The zero-order valence-electron chi connectivity index (χ0n) is 15.1. The van der Waals surface area contributed by atoms with Gasteiger partial charge in [0.15, 0.2) is 11.7 Å². The molecule has 2 aromatic rings. The molecule has 0 saturated carbocycles. The van der Waals surface area contributed by atoms with E-state index in [1.54, 1.807) is 0 Å². The Labute approximate surface area is 171 Å². The highest BCUT2D eigenvalue weighted by atomic mass is 32.2. The molecule has 0 unspecified atom stereocenters. The summed E-state index contributed by atoms with van der Waals surface area (Å²) in [5.41, 5.74) is 11.3. The van der Waals surface area contributed by atoms with E-state index in [9.17, 15) is 16.8 Å². The molecule has 14 heteroatoms. The van der Waals surface area contributed by atoms with Gasteiger partial charge in [0.05, 0.1) is 12.4 Å². The summed E-state index contributed by atoms with van der Waals surface area (Å²) >= 11 is 0. The van der Waals surface area contributed by atoms with Gasteiger partial charge in [-0.2, -0.15) is 27.0 Å². The first-order valence-corrected chi connectivity index (χ1v) is 10.7. The van der Waals surface area contributed by atoms with E-state index in [1.165, 1.54) is 48.5 Å². The Morgan fingerprint density at radius 1 is 0.700 bits per heavy atom. The van der Waals surface area contributed by atoms with E-state index in [-0.39, 0.29) is 32.6 Å². The van der Waals surface area contributed by atoms with Crippen molar-refractivity contribution in [1.29, 1.82) is 0 Å². The SMILES string of the molecule is NC(=N\N=C\c1ccccc1S(=O)(=O)O)/C(N)=N/N=C/c1ccccc1S(=O)(=O)O. The van der Waals surface area contributed by atoms with Crippen molar-refractivity contribution in [2.45, 2.75) is 9.79 Å². The van der Waals surface area contributed by atoms with E-state index in [0.29, 0.717) is 0 Å². The molecule has 0 spiro atoms. The van der Waals surface area contributed by atoms with Crippen LogP contribution in [0.15, 0.2) is 78.7 Å². The van der Waals surface area contributed by atoms with Gasteiger partial charge in [0.2, 0.25) is 0 Å². The molecule has 30 heavy (non-hydrogen) atoms.